The van der Waals surface area contributed by atoms with E-state index in [1.54, 1.807) is 0 Å². The van der Waals surface area contributed by atoms with Crippen molar-refractivity contribution >= 4 is 0 Å². The highest BCUT2D eigenvalue weighted by atomic mass is 16.5. The maximum Gasteiger partial charge on any atom is 0.123 e. The minimum absolute atomic E-state index is 0.322. The molecule has 0 aromatic heterocycles. The van der Waals surface area contributed by atoms with Gasteiger partial charge >= 0.3 is 0 Å². The van der Waals surface area contributed by atoms with E-state index in [4.69, 9.17) is 4.74 Å². The predicted molar refractivity (Wildman–Crippen MR) is 84.9 cm³/mol. The second-order valence-corrected chi connectivity index (χ2v) is 7.09. The number of hydrogen-bond acceptors (Lipinski definition) is 3. The Morgan fingerprint density at radius 2 is 2.14 bits per heavy atom. The summed E-state index contributed by atoms with van der Waals surface area (Å²) in [7, 11) is 0. The molecule has 4 rings (SSSR count). The number of hydrogen-bond donors (Lipinski definition) is 1. The first kappa shape index (κ1) is 13.6. The first-order valence-corrected chi connectivity index (χ1v) is 8.49. The summed E-state index contributed by atoms with van der Waals surface area (Å²) in [5.74, 6) is 1.93. The lowest BCUT2D eigenvalue weighted by Gasteiger charge is -2.16. The van der Waals surface area contributed by atoms with Gasteiger partial charge in [0.25, 0.3) is 0 Å². The van der Waals surface area contributed by atoms with Gasteiger partial charge in [-0.25, -0.2) is 0 Å². The first-order valence-electron chi connectivity index (χ1n) is 8.49. The fourth-order valence-electron chi connectivity index (χ4n) is 3.81. The van der Waals surface area contributed by atoms with E-state index < -0.39 is 0 Å². The topological polar surface area (TPSA) is 24.5 Å². The van der Waals surface area contributed by atoms with Crippen molar-refractivity contribution in [2.45, 2.75) is 44.8 Å². The molecule has 1 aromatic rings. The molecule has 1 N–H and O–H groups in total. The molecule has 1 aliphatic carbocycles. The molecule has 1 aromatic carbocycles. The maximum atomic E-state index is 6.02. The Kier molecular flexibility index (Phi) is 3.64. The van der Waals surface area contributed by atoms with E-state index in [2.05, 4.69) is 35.3 Å². The summed E-state index contributed by atoms with van der Waals surface area (Å²) < 4.78 is 6.02. The third-order valence-electron chi connectivity index (χ3n) is 5.14. The zero-order chi connectivity index (χ0) is 14.2. The number of ether oxygens (including phenoxy) is 1. The van der Waals surface area contributed by atoms with Gasteiger partial charge in [0, 0.05) is 25.6 Å². The predicted octanol–water partition coefficient (Wildman–Crippen LogP) is 2.37. The van der Waals surface area contributed by atoms with Crippen LogP contribution in [0, 0.1) is 12.8 Å². The molecule has 2 heterocycles. The van der Waals surface area contributed by atoms with Crippen LogP contribution in [0.25, 0.3) is 0 Å². The van der Waals surface area contributed by atoms with Gasteiger partial charge in [-0.2, -0.15) is 0 Å². The number of aryl methyl sites for hydroxylation is 1. The minimum atomic E-state index is 0.322. The molecule has 21 heavy (non-hydrogen) atoms. The number of rotatable bonds is 5. The van der Waals surface area contributed by atoms with Gasteiger partial charge in [0.15, 0.2) is 0 Å². The van der Waals surface area contributed by atoms with Gasteiger partial charge in [0.1, 0.15) is 11.9 Å². The van der Waals surface area contributed by atoms with Crippen molar-refractivity contribution in [2.75, 3.05) is 26.2 Å². The van der Waals surface area contributed by atoms with Gasteiger partial charge in [-0.3, -0.25) is 0 Å². The molecule has 114 valence electrons. The fraction of sp³-hybridized carbons (Fsp3) is 0.667. The smallest absolute Gasteiger partial charge is 0.123 e. The molecular weight excluding hydrogens is 260 g/mol. The Hall–Kier alpha value is -1.06. The summed E-state index contributed by atoms with van der Waals surface area (Å²) in [5.41, 5.74) is 2.71. The largest absolute Gasteiger partial charge is 0.488 e. The van der Waals surface area contributed by atoms with Crippen LogP contribution in [0.5, 0.6) is 5.75 Å². The van der Waals surface area contributed by atoms with Gasteiger partial charge in [-0.15, -0.1) is 0 Å². The van der Waals surface area contributed by atoms with Crippen LogP contribution in [-0.2, 0) is 6.42 Å². The molecule has 3 heteroatoms. The summed E-state index contributed by atoms with van der Waals surface area (Å²) in [4.78, 5) is 2.69. The average Bonchev–Trinajstić information content (AvgIpc) is 3.08. The van der Waals surface area contributed by atoms with Crippen LogP contribution in [0.1, 0.15) is 30.4 Å². The van der Waals surface area contributed by atoms with Crippen LogP contribution in [-0.4, -0.2) is 43.2 Å². The second kappa shape index (κ2) is 5.62. The summed E-state index contributed by atoms with van der Waals surface area (Å²) in [6.45, 7) is 6.91. The Labute approximate surface area is 127 Å². The maximum absolute atomic E-state index is 6.02. The van der Waals surface area contributed by atoms with E-state index in [1.165, 1.54) is 43.5 Å². The molecule has 0 spiro atoms. The molecule has 0 radical (unpaired) electrons. The Bertz CT molecular complexity index is 512. The van der Waals surface area contributed by atoms with Crippen LogP contribution >= 0.6 is 0 Å². The van der Waals surface area contributed by atoms with E-state index in [-0.39, 0.29) is 0 Å². The number of benzene rings is 1. The third-order valence-corrected chi connectivity index (χ3v) is 5.14. The molecule has 3 aliphatic rings. The first-order chi connectivity index (χ1) is 10.3. The van der Waals surface area contributed by atoms with E-state index in [9.17, 15) is 0 Å². The van der Waals surface area contributed by atoms with Gasteiger partial charge in [0.05, 0.1) is 0 Å². The Morgan fingerprint density at radius 1 is 1.24 bits per heavy atom. The lowest BCUT2D eigenvalue weighted by atomic mass is 10.1. The second-order valence-electron chi connectivity index (χ2n) is 7.09. The summed E-state index contributed by atoms with van der Waals surface area (Å²) in [5, 5.41) is 3.65. The molecule has 2 aliphatic heterocycles. The van der Waals surface area contributed by atoms with Crippen LogP contribution in [0.3, 0.4) is 0 Å². The minimum Gasteiger partial charge on any atom is -0.488 e. The van der Waals surface area contributed by atoms with Crippen molar-refractivity contribution < 1.29 is 4.74 Å². The zero-order valence-electron chi connectivity index (χ0n) is 13.0. The zero-order valence-corrected chi connectivity index (χ0v) is 13.0. The highest BCUT2D eigenvalue weighted by Gasteiger charge is 2.34. The Balaban J connectivity index is 1.20. The molecular formula is C18H26N2O. The molecule has 2 unspecified atom stereocenters. The number of likely N-dealkylation sites (tertiary alicyclic amines) is 1. The molecule has 2 atom stereocenters. The fourth-order valence-corrected chi connectivity index (χ4v) is 3.81. The van der Waals surface area contributed by atoms with Crippen LogP contribution in [0.2, 0.25) is 0 Å². The molecule has 0 amide bonds. The number of nitrogens with one attached hydrogen (secondary N) is 1. The number of fused-ring (bicyclic) bond motifs is 1. The van der Waals surface area contributed by atoms with E-state index >= 15 is 0 Å². The lowest BCUT2D eigenvalue weighted by Crippen LogP contribution is -2.34. The van der Waals surface area contributed by atoms with Crippen molar-refractivity contribution in [1.29, 1.82) is 0 Å². The molecule has 1 saturated heterocycles. The SMILES string of the molecule is Cc1ccc2c(c1)CC(CNCC1CCN(C3CC3)C1)O2. The monoisotopic (exact) mass is 286 g/mol. The van der Waals surface area contributed by atoms with Crippen LogP contribution in [0.15, 0.2) is 18.2 Å². The van der Waals surface area contributed by atoms with Crippen LogP contribution < -0.4 is 10.1 Å². The quantitative estimate of drug-likeness (QED) is 0.899. The van der Waals surface area contributed by atoms with Crippen molar-refractivity contribution in [3.8, 4) is 5.75 Å². The van der Waals surface area contributed by atoms with Gasteiger partial charge in [-0.1, -0.05) is 17.7 Å². The average molecular weight is 286 g/mol. The molecule has 3 nitrogen and oxygen atoms in total. The highest BCUT2D eigenvalue weighted by Crippen LogP contribution is 2.32. The normalized spacial score (nSPS) is 28.6. The highest BCUT2D eigenvalue weighted by molar-refractivity contribution is 5.40. The summed E-state index contributed by atoms with van der Waals surface area (Å²) in [6.07, 6.45) is 5.63. The van der Waals surface area contributed by atoms with E-state index in [0.29, 0.717) is 6.10 Å². The van der Waals surface area contributed by atoms with Gasteiger partial charge in [0.2, 0.25) is 0 Å². The summed E-state index contributed by atoms with van der Waals surface area (Å²) >= 11 is 0. The standard InChI is InChI=1S/C18H26N2O/c1-13-2-5-18-15(8-13)9-17(21-18)11-19-10-14-6-7-20(12-14)16-3-4-16/h2,5,8,14,16-17,19H,3-4,6-7,9-12H2,1H3. The van der Waals surface area contributed by atoms with E-state index in [0.717, 1.165) is 37.2 Å². The van der Waals surface area contributed by atoms with E-state index in [1.807, 2.05) is 0 Å². The lowest BCUT2D eigenvalue weighted by molar-refractivity contribution is 0.224. The van der Waals surface area contributed by atoms with Crippen molar-refractivity contribution in [2.24, 2.45) is 5.92 Å². The Morgan fingerprint density at radius 3 is 3.00 bits per heavy atom. The van der Waals surface area contributed by atoms with Crippen LogP contribution in [0.4, 0.5) is 0 Å². The molecule has 2 fully saturated rings. The third kappa shape index (κ3) is 3.09. The van der Waals surface area contributed by atoms with Gasteiger partial charge < -0.3 is 15.0 Å². The summed E-state index contributed by atoms with van der Waals surface area (Å²) in [6, 6.07) is 7.46. The number of nitrogens with zero attached hydrogens (tertiary/aromatic N) is 1. The van der Waals surface area contributed by atoms with Crippen molar-refractivity contribution in [3.05, 3.63) is 29.3 Å². The van der Waals surface area contributed by atoms with Crippen molar-refractivity contribution in [1.82, 2.24) is 10.2 Å². The molecule has 0 bridgehead atoms. The van der Waals surface area contributed by atoms with Gasteiger partial charge in [-0.05, 0) is 56.8 Å². The van der Waals surface area contributed by atoms with Crippen molar-refractivity contribution in [3.63, 3.8) is 0 Å². The molecule has 1 saturated carbocycles.